The maximum Gasteiger partial charge on any atom is 0.323 e. The van der Waals surface area contributed by atoms with E-state index in [0.717, 1.165) is 25.9 Å². The number of carbonyl (C=O) groups is 1. The van der Waals surface area contributed by atoms with E-state index in [4.69, 9.17) is 20.3 Å². The molecular formula is C19H31NO4. The largest absolute Gasteiger partial charge is 0.508 e. The smallest absolute Gasteiger partial charge is 0.323 e. The summed E-state index contributed by atoms with van der Waals surface area (Å²) in [6.45, 7) is 6.93. The van der Waals surface area contributed by atoms with Gasteiger partial charge in [0.15, 0.2) is 0 Å². The number of phenolic OH excluding ortho intramolecular Hbond substituents is 1. The second-order valence-electron chi connectivity index (χ2n) is 6.71. The van der Waals surface area contributed by atoms with Gasteiger partial charge in [-0.15, -0.1) is 0 Å². The van der Waals surface area contributed by atoms with Crippen molar-refractivity contribution in [3.8, 4) is 5.75 Å². The Bertz CT molecular complexity index is 464. The van der Waals surface area contributed by atoms with Gasteiger partial charge in [0.05, 0.1) is 6.10 Å². The molecule has 3 atom stereocenters. The van der Waals surface area contributed by atoms with Gasteiger partial charge in [0.1, 0.15) is 17.9 Å². The van der Waals surface area contributed by atoms with Crippen molar-refractivity contribution in [2.24, 2.45) is 11.7 Å². The Hall–Kier alpha value is -1.59. The average Bonchev–Trinajstić information content (AvgIpc) is 2.58. The summed E-state index contributed by atoms with van der Waals surface area (Å²) in [6.07, 6.45) is 3.42. The number of ether oxygens (including phenoxy) is 2. The molecule has 1 aromatic carbocycles. The Kier molecular flexibility index (Phi) is 9.42. The van der Waals surface area contributed by atoms with E-state index in [-0.39, 0.29) is 18.2 Å². The topological polar surface area (TPSA) is 81.8 Å². The first-order valence-corrected chi connectivity index (χ1v) is 8.70. The molecule has 1 fully saturated rings. The highest BCUT2D eigenvalue weighted by Crippen LogP contribution is 2.18. The lowest BCUT2D eigenvalue weighted by atomic mass is 10.0. The monoisotopic (exact) mass is 337 g/mol. The van der Waals surface area contributed by atoms with Crippen LogP contribution in [0.2, 0.25) is 0 Å². The summed E-state index contributed by atoms with van der Waals surface area (Å²) in [4.78, 5) is 11.5. The van der Waals surface area contributed by atoms with E-state index in [1.54, 1.807) is 24.3 Å². The van der Waals surface area contributed by atoms with Crippen LogP contribution in [0.5, 0.6) is 5.75 Å². The van der Waals surface area contributed by atoms with E-state index in [0.29, 0.717) is 18.1 Å². The molecule has 0 aliphatic carbocycles. The molecule has 1 aromatic rings. The summed E-state index contributed by atoms with van der Waals surface area (Å²) in [5.41, 5.74) is 5.73. The van der Waals surface area contributed by atoms with Gasteiger partial charge in [0.2, 0.25) is 0 Å². The van der Waals surface area contributed by atoms with Gasteiger partial charge in [-0.25, -0.2) is 0 Å². The minimum Gasteiger partial charge on any atom is -0.508 e. The molecule has 0 aromatic heterocycles. The van der Waals surface area contributed by atoms with Crippen LogP contribution in [0, 0.1) is 5.92 Å². The van der Waals surface area contributed by atoms with Gasteiger partial charge in [-0.05, 0) is 44.2 Å². The van der Waals surface area contributed by atoms with E-state index < -0.39 is 6.04 Å². The molecule has 0 radical (unpaired) electrons. The zero-order chi connectivity index (χ0) is 17.9. The molecule has 3 N–H and O–H groups in total. The third-order valence-corrected chi connectivity index (χ3v) is 3.68. The number of rotatable bonds is 3. The summed E-state index contributed by atoms with van der Waals surface area (Å²) >= 11 is 0. The third-order valence-electron chi connectivity index (χ3n) is 3.68. The first-order valence-electron chi connectivity index (χ1n) is 8.70. The highest BCUT2D eigenvalue weighted by atomic mass is 16.5. The van der Waals surface area contributed by atoms with Gasteiger partial charge in [-0.1, -0.05) is 32.0 Å². The third kappa shape index (κ3) is 8.89. The predicted molar refractivity (Wildman–Crippen MR) is 94.7 cm³/mol. The predicted octanol–water partition coefficient (Wildman–Crippen LogP) is 3.25. The van der Waals surface area contributed by atoms with Crippen LogP contribution in [0.25, 0.3) is 0 Å². The number of hydrogen-bond donors (Lipinski definition) is 2. The van der Waals surface area contributed by atoms with Crippen molar-refractivity contribution in [3.05, 3.63) is 30.3 Å². The number of phenols is 1. The Balaban J connectivity index is 0.000000341. The summed E-state index contributed by atoms with van der Waals surface area (Å²) in [5, 5.41) is 8.63. The van der Waals surface area contributed by atoms with Crippen molar-refractivity contribution >= 4 is 5.97 Å². The van der Waals surface area contributed by atoms with Gasteiger partial charge in [0.25, 0.3) is 0 Å². The number of benzene rings is 1. The molecule has 0 saturated carbocycles. The van der Waals surface area contributed by atoms with Crippen molar-refractivity contribution in [2.45, 2.75) is 64.7 Å². The second kappa shape index (κ2) is 11.0. The zero-order valence-corrected chi connectivity index (χ0v) is 15.0. The fraction of sp³-hybridized carbons (Fsp3) is 0.632. The Labute approximate surface area is 145 Å². The van der Waals surface area contributed by atoms with E-state index in [1.807, 2.05) is 13.0 Å². The standard InChI is InChI=1S/C13H25NO3.C6H6O/c1-9(2)8-16-11-5-4-6-12(14)13(15)17-10(3)7-11;7-6-4-2-1-3-5-6/h9-12H,4-8,14H2,1-3H3;1-5,7H/t10?,11?,12-;/m0./s1. The molecule has 2 unspecified atom stereocenters. The SMILES string of the molecule is CC(C)COC1CCC[C@H](N)C(=O)OC(C)C1.Oc1ccccc1. The molecular weight excluding hydrogens is 306 g/mol. The summed E-state index contributed by atoms with van der Waals surface area (Å²) in [7, 11) is 0. The van der Waals surface area contributed by atoms with Crippen LogP contribution in [0.3, 0.4) is 0 Å². The van der Waals surface area contributed by atoms with Crippen LogP contribution >= 0.6 is 0 Å². The number of esters is 1. The number of aromatic hydroxyl groups is 1. The molecule has 5 nitrogen and oxygen atoms in total. The maximum atomic E-state index is 11.5. The molecule has 1 aliphatic heterocycles. The van der Waals surface area contributed by atoms with Gasteiger partial charge in [-0.2, -0.15) is 0 Å². The molecule has 0 spiro atoms. The molecule has 2 rings (SSSR count). The number of cyclic esters (lactones) is 1. The highest BCUT2D eigenvalue weighted by Gasteiger charge is 2.24. The van der Waals surface area contributed by atoms with Gasteiger partial charge in [0, 0.05) is 13.0 Å². The van der Waals surface area contributed by atoms with Crippen molar-refractivity contribution < 1.29 is 19.4 Å². The number of nitrogens with two attached hydrogens (primary N) is 1. The van der Waals surface area contributed by atoms with Crippen LogP contribution in [0.1, 0.15) is 46.5 Å². The van der Waals surface area contributed by atoms with Crippen LogP contribution in [0.15, 0.2) is 30.3 Å². The second-order valence-corrected chi connectivity index (χ2v) is 6.71. The van der Waals surface area contributed by atoms with Crippen molar-refractivity contribution in [1.82, 2.24) is 0 Å². The number of hydrogen-bond acceptors (Lipinski definition) is 5. The van der Waals surface area contributed by atoms with Gasteiger partial charge < -0.3 is 20.3 Å². The van der Waals surface area contributed by atoms with Crippen LogP contribution in [0.4, 0.5) is 0 Å². The molecule has 5 heteroatoms. The number of para-hydroxylation sites is 1. The summed E-state index contributed by atoms with van der Waals surface area (Å²) in [6, 6.07) is 8.24. The lowest BCUT2D eigenvalue weighted by Gasteiger charge is -2.21. The Morgan fingerprint density at radius 1 is 1.29 bits per heavy atom. The lowest BCUT2D eigenvalue weighted by Crippen LogP contribution is -2.33. The first kappa shape index (κ1) is 20.5. The van der Waals surface area contributed by atoms with Gasteiger partial charge in [-0.3, -0.25) is 4.79 Å². The molecule has 0 bridgehead atoms. The normalized spacial score (nSPS) is 24.9. The van der Waals surface area contributed by atoms with E-state index in [2.05, 4.69) is 13.8 Å². The Morgan fingerprint density at radius 3 is 2.50 bits per heavy atom. The Morgan fingerprint density at radius 2 is 1.96 bits per heavy atom. The number of carbonyl (C=O) groups excluding carboxylic acids is 1. The average molecular weight is 337 g/mol. The van der Waals surface area contributed by atoms with Crippen molar-refractivity contribution in [3.63, 3.8) is 0 Å². The molecule has 24 heavy (non-hydrogen) atoms. The van der Waals surface area contributed by atoms with Crippen molar-refractivity contribution in [2.75, 3.05) is 6.61 Å². The van der Waals surface area contributed by atoms with E-state index >= 15 is 0 Å². The molecule has 1 aliphatic rings. The van der Waals surface area contributed by atoms with Crippen LogP contribution in [-0.2, 0) is 14.3 Å². The van der Waals surface area contributed by atoms with E-state index in [1.165, 1.54) is 0 Å². The van der Waals surface area contributed by atoms with Crippen LogP contribution < -0.4 is 5.73 Å². The quantitative estimate of drug-likeness (QED) is 0.827. The fourth-order valence-electron chi connectivity index (χ4n) is 2.41. The molecule has 1 heterocycles. The first-order chi connectivity index (χ1) is 11.4. The summed E-state index contributed by atoms with van der Waals surface area (Å²) in [5.74, 6) is 0.576. The molecule has 0 amide bonds. The maximum absolute atomic E-state index is 11.5. The fourth-order valence-corrected chi connectivity index (χ4v) is 2.41. The lowest BCUT2D eigenvalue weighted by molar-refractivity contribution is -0.151. The van der Waals surface area contributed by atoms with Crippen LogP contribution in [-0.4, -0.2) is 35.9 Å². The minimum atomic E-state index is -0.471. The molecule has 1 saturated heterocycles. The summed E-state index contributed by atoms with van der Waals surface area (Å²) < 4.78 is 11.1. The van der Waals surface area contributed by atoms with Gasteiger partial charge >= 0.3 is 5.97 Å². The van der Waals surface area contributed by atoms with Crippen molar-refractivity contribution in [1.29, 1.82) is 0 Å². The van der Waals surface area contributed by atoms with E-state index in [9.17, 15) is 4.79 Å². The molecule has 136 valence electrons. The zero-order valence-electron chi connectivity index (χ0n) is 15.0. The highest BCUT2D eigenvalue weighted by molar-refractivity contribution is 5.75. The minimum absolute atomic E-state index is 0.108.